The summed E-state index contributed by atoms with van der Waals surface area (Å²) in [5, 5.41) is 5.53. The Labute approximate surface area is 84.4 Å². The zero-order chi connectivity index (χ0) is 10.6. The van der Waals surface area contributed by atoms with Crippen molar-refractivity contribution in [2.45, 2.75) is 26.7 Å². The zero-order valence-electron chi connectivity index (χ0n) is 8.80. The molecule has 0 spiro atoms. The molecule has 1 aliphatic carbocycles. The first-order valence-corrected chi connectivity index (χ1v) is 5.16. The van der Waals surface area contributed by atoms with Crippen molar-refractivity contribution < 1.29 is 9.59 Å². The minimum atomic E-state index is 0.00846. The highest BCUT2D eigenvalue weighted by molar-refractivity contribution is 5.81. The first kappa shape index (κ1) is 11.0. The van der Waals surface area contributed by atoms with Crippen LogP contribution in [-0.2, 0) is 9.59 Å². The summed E-state index contributed by atoms with van der Waals surface area (Å²) in [6.45, 7) is 4.75. The molecule has 0 aromatic rings. The molecule has 4 heteroatoms. The third-order valence-corrected chi connectivity index (χ3v) is 2.20. The van der Waals surface area contributed by atoms with Gasteiger partial charge in [0, 0.05) is 24.9 Å². The van der Waals surface area contributed by atoms with Crippen LogP contribution in [0.4, 0.5) is 0 Å². The van der Waals surface area contributed by atoms with Gasteiger partial charge in [0.1, 0.15) is 0 Å². The molecule has 4 nitrogen and oxygen atoms in total. The Morgan fingerprint density at radius 3 is 2.29 bits per heavy atom. The molecule has 0 atom stereocenters. The summed E-state index contributed by atoms with van der Waals surface area (Å²) in [6.07, 6.45) is 2.04. The normalized spacial score (nSPS) is 15.4. The summed E-state index contributed by atoms with van der Waals surface area (Å²) in [6, 6.07) is 0. The van der Waals surface area contributed by atoms with E-state index in [2.05, 4.69) is 10.6 Å². The molecule has 0 aliphatic heterocycles. The van der Waals surface area contributed by atoms with E-state index in [-0.39, 0.29) is 23.7 Å². The summed E-state index contributed by atoms with van der Waals surface area (Å²) in [7, 11) is 0. The van der Waals surface area contributed by atoms with Gasteiger partial charge in [-0.1, -0.05) is 13.8 Å². The molecule has 0 unspecified atom stereocenters. The molecular weight excluding hydrogens is 180 g/mol. The minimum absolute atomic E-state index is 0.00846. The maximum Gasteiger partial charge on any atom is 0.223 e. The summed E-state index contributed by atoms with van der Waals surface area (Å²) in [5.41, 5.74) is 0. The highest BCUT2D eigenvalue weighted by Crippen LogP contribution is 2.28. The van der Waals surface area contributed by atoms with Gasteiger partial charge < -0.3 is 10.6 Å². The van der Waals surface area contributed by atoms with Crippen molar-refractivity contribution in [1.29, 1.82) is 0 Å². The molecule has 2 amide bonds. The maximum absolute atomic E-state index is 11.2. The van der Waals surface area contributed by atoms with Crippen molar-refractivity contribution in [3.05, 3.63) is 0 Å². The van der Waals surface area contributed by atoms with E-state index in [4.69, 9.17) is 0 Å². The lowest BCUT2D eigenvalue weighted by Gasteiger charge is -2.08. The molecule has 2 N–H and O–H groups in total. The van der Waals surface area contributed by atoms with Crippen molar-refractivity contribution in [2.75, 3.05) is 13.1 Å². The zero-order valence-corrected chi connectivity index (χ0v) is 8.80. The molecule has 14 heavy (non-hydrogen) atoms. The maximum atomic E-state index is 11.2. The van der Waals surface area contributed by atoms with Crippen LogP contribution in [-0.4, -0.2) is 24.9 Å². The van der Waals surface area contributed by atoms with E-state index in [0.717, 1.165) is 12.8 Å². The van der Waals surface area contributed by atoms with Crippen LogP contribution in [0.25, 0.3) is 0 Å². The third kappa shape index (κ3) is 3.77. The van der Waals surface area contributed by atoms with Gasteiger partial charge in [0.2, 0.25) is 11.8 Å². The van der Waals surface area contributed by atoms with Gasteiger partial charge in [0.25, 0.3) is 0 Å². The van der Waals surface area contributed by atoms with Gasteiger partial charge in [-0.05, 0) is 12.8 Å². The van der Waals surface area contributed by atoms with Crippen molar-refractivity contribution in [3.63, 3.8) is 0 Å². The number of nitrogens with one attached hydrogen (secondary N) is 2. The molecule has 0 aromatic carbocycles. The Bertz CT molecular complexity index is 206. The summed E-state index contributed by atoms with van der Waals surface area (Å²) >= 11 is 0. The number of amides is 2. The first-order chi connectivity index (χ1) is 6.61. The van der Waals surface area contributed by atoms with E-state index in [1.165, 1.54) is 0 Å². The van der Waals surface area contributed by atoms with E-state index in [9.17, 15) is 9.59 Å². The van der Waals surface area contributed by atoms with Crippen LogP contribution < -0.4 is 10.6 Å². The van der Waals surface area contributed by atoms with Crippen molar-refractivity contribution in [3.8, 4) is 0 Å². The fourth-order valence-electron chi connectivity index (χ4n) is 1.07. The molecule has 0 radical (unpaired) electrons. The number of carbonyl (C=O) groups is 2. The molecule has 1 rings (SSSR count). The standard InChI is InChI=1S/C10H18N2O2/c1-7(2)9(13)11-5-6-12-10(14)8-3-4-8/h7-8H,3-6H2,1-2H3,(H,11,13)(H,12,14). The largest absolute Gasteiger partial charge is 0.354 e. The van der Waals surface area contributed by atoms with Crippen LogP contribution in [0.1, 0.15) is 26.7 Å². The van der Waals surface area contributed by atoms with Crippen molar-refractivity contribution in [2.24, 2.45) is 11.8 Å². The van der Waals surface area contributed by atoms with Gasteiger partial charge in [-0.15, -0.1) is 0 Å². The summed E-state index contributed by atoms with van der Waals surface area (Å²) < 4.78 is 0. The Kier molecular flexibility index (Phi) is 3.92. The van der Waals surface area contributed by atoms with Crippen molar-refractivity contribution >= 4 is 11.8 Å². The van der Waals surface area contributed by atoms with Gasteiger partial charge >= 0.3 is 0 Å². The average molecular weight is 198 g/mol. The van der Waals surface area contributed by atoms with Crippen LogP contribution in [0.15, 0.2) is 0 Å². The van der Waals surface area contributed by atoms with Crippen LogP contribution in [0.2, 0.25) is 0 Å². The van der Waals surface area contributed by atoms with E-state index >= 15 is 0 Å². The van der Waals surface area contributed by atoms with Crippen LogP contribution in [0.3, 0.4) is 0 Å². The molecule has 0 aromatic heterocycles. The highest BCUT2D eigenvalue weighted by Gasteiger charge is 2.28. The monoisotopic (exact) mass is 198 g/mol. The average Bonchev–Trinajstić information content (AvgIpc) is 2.94. The number of carbonyl (C=O) groups excluding carboxylic acids is 2. The molecule has 0 bridgehead atoms. The molecule has 1 aliphatic rings. The molecular formula is C10H18N2O2. The predicted molar refractivity (Wildman–Crippen MR) is 53.6 cm³/mol. The molecule has 1 saturated carbocycles. The molecule has 1 fully saturated rings. The Morgan fingerprint density at radius 1 is 1.21 bits per heavy atom. The van der Waals surface area contributed by atoms with Crippen LogP contribution in [0.5, 0.6) is 0 Å². The molecule has 0 saturated heterocycles. The number of hydrogen-bond donors (Lipinski definition) is 2. The van der Waals surface area contributed by atoms with E-state index in [1.807, 2.05) is 13.8 Å². The van der Waals surface area contributed by atoms with E-state index in [0.29, 0.717) is 13.1 Å². The lowest BCUT2D eigenvalue weighted by atomic mass is 10.2. The van der Waals surface area contributed by atoms with E-state index < -0.39 is 0 Å². The molecule has 0 heterocycles. The minimum Gasteiger partial charge on any atom is -0.354 e. The lowest BCUT2D eigenvalue weighted by Crippen LogP contribution is -2.36. The quantitative estimate of drug-likeness (QED) is 0.624. The van der Waals surface area contributed by atoms with E-state index in [1.54, 1.807) is 0 Å². The predicted octanol–water partition coefficient (Wildman–Crippen LogP) is 0.285. The fourth-order valence-corrected chi connectivity index (χ4v) is 1.07. The van der Waals surface area contributed by atoms with Gasteiger partial charge in [-0.2, -0.15) is 0 Å². The SMILES string of the molecule is CC(C)C(=O)NCCNC(=O)C1CC1. The van der Waals surface area contributed by atoms with Crippen LogP contribution in [0, 0.1) is 11.8 Å². The fraction of sp³-hybridized carbons (Fsp3) is 0.800. The Hall–Kier alpha value is -1.06. The van der Waals surface area contributed by atoms with Crippen molar-refractivity contribution in [1.82, 2.24) is 10.6 Å². The first-order valence-electron chi connectivity index (χ1n) is 5.16. The van der Waals surface area contributed by atoms with Crippen LogP contribution >= 0.6 is 0 Å². The second kappa shape index (κ2) is 4.98. The lowest BCUT2D eigenvalue weighted by molar-refractivity contribution is -0.125. The smallest absolute Gasteiger partial charge is 0.223 e. The highest BCUT2D eigenvalue weighted by atomic mass is 16.2. The number of rotatable bonds is 5. The van der Waals surface area contributed by atoms with Gasteiger partial charge in [-0.25, -0.2) is 0 Å². The summed E-state index contributed by atoms with van der Waals surface area (Å²) in [4.78, 5) is 22.3. The summed E-state index contributed by atoms with van der Waals surface area (Å²) in [5.74, 6) is 0.416. The Morgan fingerprint density at radius 2 is 1.79 bits per heavy atom. The van der Waals surface area contributed by atoms with Gasteiger partial charge in [0.05, 0.1) is 0 Å². The second-order valence-corrected chi connectivity index (χ2v) is 4.01. The third-order valence-electron chi connectivity index (χ3n) is 2.20. The second-order valence-electron chi connectivity index (χ2n) is 4.01. The van der Waals surface area contributed by atoms with Gasteiger partial charge in [0.15, 0.2) is 0 Å². The molecule has 80 valence electrons. The Balaban J connectivity index is 1.98. The topological polar surface area (TPSA) is 58.2 Å². The van der Waals surface area contributed by atoms with Gasteiger partial charge in [-0.3, -0.25) is 9.59 Å². The number of hydrogen-bond acceptors (Lipinski definition) is 2.